The minimum Gasteiger partial charge on any atom is -0.511 e. The molecule has 2 heterocycles. The van der Waals surface area contributed by atoms with E-state index < -0.39 is 0 Å². The van der Waals surface area contributed by atoms with Gasteiger partial charge in [-0.15, -0.1) is 0 Å². The normalized spacial score (nSPS) is 27.7. The molecule has 2 unspecified atom stereocenters. The topological polar surface area (TPSA) is 55.8 Å². The number of fused-ring (bicyclic) bond motifs is 5. The van der Waals surface area contributed by atoms with Crippen molar-refractivity contribution in [1.29, 1.82) is 0 Å². The molecule has 0 aromatic heterocycles. The molecule has 2 aromatic rings. The molecule has 29 heavy (non-hydrogen) atoms. The molecule has 2 fully saturated rings. The Morgan fingerprint density at radius 1 is 1.10 bits per heavy atom. The van der Waals surface area contributed by atoms with Crippen molar-refractivity contribution in [3.8, 4) is 11.5 Å². The minimum absolute atomic E-state index is 0.00974. The molecule has 2 saturated heterocycles. The van der Waals surface area contributed by atoms with Crippen molar-refractivity contribution in [1.82, 2.24) is 0 Å². The molecule has 3 aliphatic rings. The fourth-order valence-electron chi connectivity index (χ4n) is 5.13. The Bertz CT molecular complexity index is 1050. The second-order valence-electron chi connectivity index (χ2n) is 8.08. The first-order chi connectivity index (χ1) is 13.8. The molecule has 1 aliphatic carbocycles. The molecule has 0 amide bonds. The van der Waals surface area contributed by atoms with Gasteiger partial charge in [0.05, 0.1) is 34.6 Å². The summed E-state index contributed by atoms with van der Waals surface area (Å²) in [5.74, 6) is 0.983. The number of Topliss-reactive ketones (excluding diaryl/α,β-unsaturated/α-hetero) is 1. The predicted molar refractivity (Wildman–Crippen MR) is 115 cm³/mol. The molecule has 2 aromatic carbocycles. The number of allylic oxidation sites excluding steroid dienone is 1. The highest BCUT2D eigenvalue weighted by molar-refractivity contribution is 9.10. The Hall–Kier alpha value is -1.82. The first-order valence-electron chi connectivity index (χ1n) is 9.72. The zero-order valence-electron chi connectivity index (χ0n) is 16.0. The Kier molecular flexibility index (Phi) is 4.53. The van der Waals surface area contributed by atoms with Gasteiger partial charge >= 0.3 is 0 Å². The van der Waals surface area contributed by atoms with E-state index in [9.17, 15) is 9.90 Å². The molecule has 0 saturated carbocycles. The van der Waals surface area contributed by atoms with Crippen LogP contribution in [0.4, 0.5) is 0 Å². The SMILES string of the molecule is Cc1cc(Oc2ccc(Br)cc2Cl)cc(C)c1C1=C(O)[C@@H]2C3CCC(O3)[C@@H]2C1=O. The van der Waals surface area contributed by atoms with Crippen LogP contribution in [-0.2, 0) is 9.53 Å². The van der Waals surface area contributed by atoms with Crippen molar-refractivity contribution in [2.75, 3.05) is 0 Å². The summed E-state index contributed by atoms with van der Waals surface area (Å²) in [5.41, 5.74) is 3.03. The Morgan fingerprint density at radius 3 is 2.38 bits per heavy atom. The van der Waals surface area contributed by atoms with Crippen LogP contribution in [0.25, 0.3) is 5.57 Å². The van der Waals surface area contributed by atoms with Crippen LogP contribution in [0.1, 0.15) is 29.5 Å². The summed E-state index contributed by atoms with van der Waals surface area (Å²) < 4.78 is 12.7. The largest absolute Gasteiger partial charge is 0.511 e. The zero-order chi connectivity index (χ0) is 20.4. The van der Waals surface area contributed by atoms with Crippen molar-refractivity contribution in [2.24, 2.45) is 11.8 Å². The van der Waals surface area contributed by atoms with E-state index in [-0.39, 0.29) is 35.6 Å². The molecule has 0 spiro atoms. The van der Waals surface area contributed by atoms with Crippen molar-refractivity contribution in [3.63, 3.8) is 0 Å². The monoisotopic (exact) mass is 474 g/mol. The average Bonchev–Trinajstić information content (AvgIpc) is 3.33. The highest BCUT2D eigenvalue weighted by Gasteiger charge is 2.59. The second kappa shape index (κ2) is 6.86. The van der Waals surface area contributed by atoms with Crippen LogP contribution in [0, 0.1) is 25.7 Å². The highest BCUT2D eigenvalue weighted by atomic mass is 79.9. The van der Waals surface area contributed by atoms with Crippen LogP contribution in [-0.4, -0.2) is 23.1 Å². The molecule has 1 N–H and O–H groups in total. The molecule has 4 nitrogen and oxygen atoms in total. The number of aliphatic hydroxyl groups is 1. The molecular formula is C23H20BrClO4. The van der Waals surface area contributed by atoms with Gasteiger partial charge in [-0.25, -0.2) is 0 Å². The fraction of sp³-hybridized carbons (Fsp3) is 0.348. The van der Waals surface area contributed by atoms with Crippen molar-refractivity contribution < 1.29 is 19.4 Å². The fourth-order valence-corrected chi connectivity index (χ4v) is 5.84. The third-order valence-corrected chi connectivity index (χ3v) is 7.06. The minimum atomic E-state index is -0.236. The van der Waals surface area contributed by atoms with Crippen molar-refractivity contribution >= 4 is 38.9 Å². The van der Waals surface area contributed by atoms with Crippen LogP contribution in [0.5, 0.6) is 11.5 Å². The van der Waals surface area contributed by atoms with E-state index >= 15 is 0 Å². The Morgan fingerprint density at radius 2 is 1.76 bits per heavy atom. The number of carbonyl (C=O) groups excluding carboxylic acids is 1. The van der Waals surface area contributed by atoms with Gasteiger partial charge in [-0.1, -0.05) is 27.5 Å². The van der Waals surface area contributed by atoms with Crippen molar-refractivity contribution in [2.45, 2.75) is 38.9 Å². The van der Waals surface area contributed by atoms with Gasteiger partial charge in [0.25, 0.3) is 0 Å². The van der Waals surface area contributed by atoms with Crippen LogP contribution in [0.15, 0.2) is 40.6 Å². The summed E-state index contributed by atoms with van der Waals surface area (Å²) in [4.78, 5) is 13.2. The van der Waals surface area contributed by atoms with Gasteiger partial charge in [0.1, 0.15) is 17.3 Å². The number of halogens is 2. The predicted octanol–water partition coefficient (Wildman–Crippen LogP) is 6.16. The smallest absolute Gasteiger partial charge is 0.173 e. The maximum Gasteiger partial charge on any atom is 0.173 e. The van der Waals surface area contributed by atoms with Gasteiger partial charge in [-0.3, -0.25) is 4.79 Å². The van der Waals surface area contributed by atoms with Gasteiger partial charge in [-0.2, -0.15) is 0 Å². The van der Waals surface area contributed by atoms with Gasteiger partial charge in [-0.05, 0) is 73.7 Å². The van der Waals surface area contributed by atoms with Crippen LogP contribution in [0.2, 0.25) is 5.02 Å². The quantitative estimate of drug-likeness (QED) is 0.578. The van der Waals surface area contributed by atoms with E-state index in [0.29, 0.717) is 22.1 Å². The number of rotatable bonds is 3. The lowest BCUT2D eigenvalue weighted by Crippen LogP contribution is -2.29. The first kappa shape index (κ1) is 19.2. The van der Waals surface area contributed by atoms with E-state index in [0.717, 1.165) is 34.0 Å². The first-order valence-corrected chi connectivity index (χ1v) is 10.9. The summed E-state index contributed by atoms with van der Waals surface area (Å²) in [7, 11) is 0. The van der Waals surface area contributed by atoms with Crippen LogP contribution < -0.4 is 4.74 Å². The average molecular weight is 476 g/mol. The lowest BCUT2D eigenvalue weighted by atomic mass is 9.80. The number of hydrogen-bond acceptors (Lipinski definition) is 4. The number of aryl methyl sites for hydroxylation is 2. The molecular weight excluding hydrogens is 456 g/mol. The molecule has 4 atom stereocenters. The molecule has 150 valence electrons. The van der Waals surface area contributed by atoms with Crippen molar-refractivity contribution in [3.05, 3.63) is 62.3 Å². The standard InChI is InChI=1S/C23H20BrClO4/c1-10-7-13(28-15-4-3-12(24)9-14(15)25)8-11(2)18(10)21-22(26)19-16-5-6-17(29-16)20(19)23(21)27/h3-4,7-9,16-17,19-20,26H,5-6H2,1-2H3/t16?,17?,19-,20+/m1/s1. The zero-order valence-corrected chi connectivity index (χ0v) is 18.4. The Labute approximate surface area is 182 Å². The van der Waals surface area contributed by atoms with Gasteiger partial charge < -0.3 is 14.6 Å². The molecule has 2 aliphatic heterocycles. The van der Waals surface area contributed by atoms with Gasteiger partial charge in [0, 0.05) is 4.47 Å². The summed E-state index contributed by atoms with van der Waals surface area (Å²) >= 11 is 9.65. The Balaban J connectivity index is 1.51. The van der Waals surface area contributed by atoms with Gasteiger partial charge in [0.2, 0.25) is 0 Å². The van der Waals surface area contributed by atoms with Crippen LogP contribution in [0.3, 0.4) is 0 Å². The van der Waals surface area contributed by atoms with E-state index in [1.54, 1.807) is 12.1 Å². The van der Waals surface area contributed by atoms with Crippen LogP contribution >= 0.6 is 27.5 Å². The highest BCUT2D eigenvalue weighted by Crippen LogP contribution is 2.54. The van der Waals surface area contributed by atoms with E-state index in [4.69, 9.17) is 21.1 Å². The molecule has 2 bridgehead atoms. The number of ketones is 1. The molecule has 5 rings (SSSR count). The van der Waals surface area contributed by atoms with E-state index in [1.807, 2.05) is 32.0 Å². The number of carbonyl (C=O) groups is 1. The second-order valence-corrected chi connectivity index (χ2v) is 9.40. The summed E-state index contributed by atoms with van der Waals surface area (Å²) in [6.07, 6.45) is 1.72. The third kappa shape index (κ3) is 2.94. The lowest BCUT2D eigenvalue weighted by molar-refractivity contribution is -0.118. The number of hydrogen-bond donors (Lipinski definition) is 1. The number of aliphatic hydroxyl groups excluding tert-OH is 1. The van der Waals surface area contributed by atoms with Gasteiger partial charge in [0.15, 0.2) is 5.78 Å². The van der Waals surface area contributed by atoms with E-state index in [2.05, 4.69) is 15.9 Å². The summed E-state index contributed by atoms with van der Waals surface area (Å²) in [6, 6.07) is 9.21. The number of benzene rings is 2. The molecule has 6 heteroatoms. The maximum atomic E-state index is 13.2. The number of ether oxygens (including phenoxy) is 2. The molecule has 0 radical (unpaired) electrons. The maximum absolute atomic E-state index is 13.2. The summed E-state index contributed by atoms with van der Waals surface area (Å²) in [5, 5.41) is 11.5. The lowest BCUT2D eigenvalue weighted by Gasteiger charge is -2.19. The third-order valence-electron chi connectivity index (χ3n) is 6.27. The summed E-state index contributed by atoms with van der Waals surface area (Å²) in [6.45, 7) is 3.87. The van der Waals surface area contributed by atoms with E-state index in [1.165, 1.54) is 0 Å².